The van der Waals surface area contributed by atoms with Crippen LogP contribution in [-0.2, 0) is 4.79 Å². The fourth-order valence-corrected chi connectivity index (χ4v) is 4.53. The first-order valence-electron chi connectivity index (χ1n) is 10.4. The Bertz CT molecular complexity index is 1250. The zero-order valence-electron chi connectivity index (χ0n) is 17.0. The van der Waals surface area contributed by atoms with E-state index in [-0.39, 0.29) is 29.6 Å². The second kappa shape index (κ2) is 7.92. The Labute approximate surface area is 183 Å². The summed E-state index contributed by atoms with van der Waals surface area (Å²) in [6.45, 7) is 0. The van der Waals surface area contributed by atoms with Gasteiger partial charge in [-0.25, -0.2) is 4.39 Å². The van der Waals surface area contributed by atoms with E-state index < -0.39 is 11.0 Å². The molecule has 6 nitrogen and oxygen atoms in total. The lowest BCUT2D eigenvalue weighted by Gasteiger charge is -2.30. The highest BCUT2D eigenvalue weighted by molar-refractivity contribution is 6.01. The summed E-state index contributed by atoms with van der Waals surface area (Å²) in [4.78, 5) is 24.3. The van der Waals surface area contributed by atoms with Crippen LogP contribution in [0, 0.1) is 15.9 Å². The van der Waals surface area contributed by atoms with Crippen LogP contribution in [0.1, 0.15) is 35.9 Å². The van der Waals surface area contributed by atoms with Crippen molar-refractivity contribution in [1.82, 2.24) is 0 Å². The van der Waals surface area contributed by atoms with Crippen LogP contribution in [0.25, 0.3) is 0 Å². The minimum atomic E-state index is -0.525. The molecule has 2 N–H and O–H groups in total. The van der Waals surface area contributed by atoms with E-state index in [1.807, 2.05) is 24.3 Å². The third-order valence-corrected chi connectivity index (χ3v) is 6.06. The van der Waals surface area contributed by atoms with Crippen LogP contribution in [0.3, 0.4) is 0 Å². The molecule has 0 bridgehead atoms. The van der Waals surface area contributed by atoms with Gasteiger partial charge in [0.1, 0.15) is 5.82 Å². The van der Waals surface area contributed by atoms with Gasteiger partial charge in [0.05, 0.1) is 22.3 Å². The molecule has 0 unspecified atom stereocenters. The van der Waals surface area contributed by atoms with E-state index in [2.05, 4.69) is 10.6 Å². The van der Waals surface area contributed by atoms with E-state index in [0.29, 0.717) is 17.6 Å². The summed E-state index contributed by atoms with van der Waals surface area (Å²) in [5.41, 5.74) is 4.54. The summed E-state index contributed by atoms with van der Waals surface area (Å²) in [5.74, 6) is -0.428. The number of nitro groups is 1. The summed E-state index contributed by atoms with van der Waals surface area (Å²) >= 11 is 0. The molecule has 0 amide bonds. The number of benzene rings is 3. The second-order valence-electron chi connectivity index (χ2n) is 8.07. The number of nitro benzene ring substituents is 1. The van der Waals surface area contributed by atoms with E-state index in [9.17, 15) is 19.3 Å². The predicted octanol–water partition coefficient (Wildman–Crippen LogP) is 5.71. The largest absolute Gasteiger partial charge is 0.372 e. The number of anilines is 2. The fourth-order valence-electron chi connectivity index (χ4n) is 4.53. The Balaban J connectivity index is 1.61. The smallest absolute Gasteiger partial charge is 0.269 e. The van der Waals surface area contributed by atoms with Crippen LogP contribution in [0.5, 0.6) is 0 Å². The number of halogens is 1. The highest BCUT2D eigenvalue weighted by Gasteiger charge is 2.36. The number of nitrogens with one attached hydrogen (secondary N) is 2. The maximum Gasteiger partial charge on any atom is 0.269 e. The number of rotatable bonds is 3. The van der Waals surface area contributed by atoms with Gasteiger partial charge in [0, 0.05) is 29.8 Å². The molecule has 160 valence electrons. The molecule has 32 heavy (non-hydrogen) atoms. The van der Waals surface area contributed by atoms with Crippen LogP contribution < -0.4 is 10.6 Å². The van der Waals surface area contributed by atoms with Crippen molar-refractivity contribution in [1.29, 1.82) is 0 Å². The number of non-ortho nitro benzene ring substituents is 1. The molecule has 1 heterocycles. The number of hydrogen-bond donors (Lipinski definition) is 2. The first-order valence-corrected chi connectivity index (χ1v) is 10.4. The molecule has 0 spiro atoms. The Morgan fingerprint density at radius 3 is 2.41 bits per heavy atom. The van der Waals surface area contributed by atoms with Crippen molar-refractivity contribution in [2.75, 3.05) is 10.6 Å². The van der Waals surface area contributed by atoms with Gasteiger partial charge in [-0.3, -0.25) is 14.9 Å². The van der Waals surface area contributed by atoms with Gasteiger partial charge in [-0.1, -0.05) is 36.4 Å². The zero-order valence-corrected chi connectivity index (χ0v) is 17.0. The lowest BCUT2D eigenvalue weighted by Crippen LogP contribution is -2.26. The average Bonchev–Trinajstić information content (AvgIpc) is 2.96. The van der Waals surface area contributed by atoms with Gasteiger partial charge in [-0.15, -0.1) is 0 Å². The lowest BCUT2D eigenvalue weighted by atomic mass is 9.78. The van der Waals surface area contributed by atoms with Gasteiger partial charge in [0.15, 0.2) is 5.78 Å². The third-order valence-electron chi connectivity index (χ3n) is 6.06. The summed E-state index contributed by atoms with van der Waals surface area (Å²) in [7, 11) is 0. The van der Waals surface area contributed by atoms with Gasteiger partial charge >= 0.3 is 0 Å². The van der Waals surface area contributed by atoms with Crippen LogP contribution in [0.15, 0.2) is 84.1 Å². The SMILES string of the molecule is O=C1C[C@H](c2ccc(F)cc2)CC2=C1[C@H](c1cccc([N+](=O)[O-])c1)Nc1ccccc1N2. The molecule has 1 aliphatic carbocycles. The van der Waals surface area contributed by atoms with Crippen molar-refractivity contribution in [3.8, 4) is 0 Å². The molecule has 3 aromatic carbocycles. The Morgan fingerprint density at radius 1 is 0.906 bits per heavy atom. The summed E-state index contributed by atoms with van der Waals surface area (Å²) in [6.07, 6.45) is 0.865. The molecular weight excluding hydrogens is 409 g/mol. The number of allylic oxidation sites excluding steroid dienone is 1. The average molecular weight is 429 g/mol. The lowest BCUT2D eigenvalue weighted by molar-refractivity contribution is -0.384. The summed E-state index contributed by atoms with van der Waals surface area (Å²) in [5, 5.41) is 18.2. The van der Waals surface area contributed by atoms with Crippen molar-refractivity contribution in [3.05, 3.63) is 111 Å². The van der Waals surface area contributed by atoms with Gasteiger partial charge in [0.2, 0.25) is 0 Å². The van der Waals surface area contributed by atoms with E-state index in [4.69, 9.17) is 0 Å². The van der Waals surface area contributed by atoms with Gasteiger partial charge in [-0.2, -0.15) is 0 Å². The number of Topliss-reactive ketones (excluding diaryl/α,β-unsaturated/α-hetero) is 1. The summed E-state index contributed by atoms with van der Waals surface area (Å²) in [6, 6.07) is 19.8. The minimum Gasteiger partial charge on any atom is -0.372 e. The summed E-state index contributed by atoms with van der Waals surface area (Å²) < 4.78 is 13.4. The zero-order chi connectivity index (χ0) is 22.2. The fraction of sp³-hybridized carbons (Fsp3) is 0.160. The molecule has 7 heteroatoms. The standard InChI is InChI=1S/C25H20FN3O3/c26-18-10-8-15(9-11-18)17-13-22-24(23(30)14-17)25(16-4-3-5-19(12-16)29(31)32)28-21-7-2-1-6-20(21)27-22/h1-12,17,25,27-28H,13-14H2/t17-,25+/m1/s1. The van der Waals surface area contributed by atoms with Gasteiger partial charge < -0.3 is 10.6 Å². The molecule has 0 saturated heterocycles. The van der Waals surface area contributed by atoms with Gasteiger partial charge in [-0.05, 0) is 47.7 Å². The molecule has 0 fully saturated rings. The van der Waals surface area contributed by atoms with Crippen molar-refractivity contribution in [2.45, 2.75) is 24.8 Å². The van der Waals surface area contributed by atoms with Gasteiger partial charge in [0.25, 0.3) is 5.69 Å². The van der Waals surface area contributed by atoms with Crippen LogP contribution in [0.2, 0.25) is 0 Å². The van der Waals surface area contributed by atoms with Crippen molar-refractivity contribution in [2.24, 2.45) is 0 Å². The number of carbonyl (C=O) groups excluding carboxylic acids is 1. The quantitative estimate of drug-likeness (QED) is 0.411. The van der Waals surface area contributed by atoms with E-state index >= 15 is 0 Å². The highest BCUT2D eigenvalue weighted by Crippen LogP contribution is 2.44. The Kier molecular flexibility index (Phi) is 4.93. The Morgan fingerprint density at radius 2 is 1.66 bits per heavy atom. The van der Waals surface area contributed by atoms with Crippen LogP contribution >= 0.6 is 0 Å². The number of hydrogen-bond acceptors (Lipinski definition) is 5. The van der Waals surface area contributed by atoms with E-state index in [0.717, 1.165) is 22.6 Å². The van der Waals surface area contributed by atoms with E-state index in [1.54, 1.807) is 24.3 Å². The molecule has 0 saturated carbocycles. The first-order chi connectivity index (χ1) is 15.5. The van der Waals surface area contributed by atoms with E-state index in [1.165, 1.54) is 24.3 Å². The predicted molar refractivity (Wildman–Crippen MR) is 120 cm³/mol. The third kappa shape index (κ3) is 3.62. The van der Waals surface area contributed by atoms with Crippen molar-refractivity contribution < 1.29 is 14.1 Å². The molecular formula is C25H20FN3O3. The molecule has 5 rings (SSSR count). The maximum absolute atomic E-state index is 13.4. The molecule has 3 aromatic rings. The molecule has 2 atom stereocenters. The van der Waals surface area contributed by atoms with Crippen molar-refractivity contribution in [3.63, 3.8) is 0 Å². The minimum absolute atomic E-state index is 0.0237. The first kappa shape index (κ1) is 19.9. The topological polar surface area (TPSA) is 84.3 Å². The van der Waals surface area contributed by atoms with Crippen molar-refractivity contribution >= 4 is 22.8 Å². The molecule has 0 aromatic heterocycles. The maximum atomic E-state index is 13.4. The Hall–Kier alpha value is -4.00. The van der Waals surface area contributed by atoms with Crippen LogP contribution in [-0.4, -0.2) is 10.7 Å². The number of nitrogens with zero attached hydrogens (tertiary/aromatic N) is 1. The molecule has 0 radical (unpaired) electrons. The molecule has 2 aliphatic rings. The monoisotopic (exact) mass is 429 g/mol. The normalized spacial score (nSPS) is 19.8. The number of fused-ring (bicyclic) bond motifs is 1. The van der Waals surface area contributed by atoms with Crippen LogP contribution in [0.4, 0.5) is 21.5 Å². The number of ketones is 1. The molecule has 1 aliphatic heterocycles. The highest BCUT2D eigenvalue weighted by atomic mass is 19.1. The second-order valence-corrected chi connectivity index (χ2v) is 8.07. The number of para-hydroxylation sites is 2. The number of carbonyl (C=O) groups is 1.